The van der Waals surface area contributed by atoms with Gasteiger partial charge < -0.3 is 10.6 Å². The Morgan fingerprint density at radius 2 is 1.60 bits per heavy atom. The summed E-state index contributed by atoms with van der Waals surface area (Å²) in [5.74, 6) is -0.751. The van der Waals surface area contributed by atoms with Crippen LogP contribution >= 0.6 is 15.9 Å². The summed E-state index contributed by atoms with van der Waals surface area (Å²) >= 11 is 3.39. The SMILES string of the molecule is NC(=O)CN(Cc1ccc(Br)cc1)C(=O)c1ccc2ccccc2c1. The van der Waals surface area contributed by atoms with Crippen LogP contribution in [0, 0.1) is 0 Å². The van der Waals surface area contributed by atoms with Gasteiger partial charge in [-0.15, -0.1) is 0 Å². The molecule has 4 nitrogen and oxygen atoms in total. The molecule has 0 bridgehead atoms. The Balaban J connectivity index is 1.89. The van der Waals surface area contributed by atoms with Crippen LogP contribution in [0.2, 0.25) is 0 Å². The summed E-state index contributed by atoms with van der Waals surface area (Å²) in [7, 11) is 0. The zero-order valence-electron chi connectivity index (χ0n) is 13.5. The molecule has 0 aliphatic carbocycles. The molecular formula is C20H17BrN2O2. The maximum atomic E-state index is 12.9. The van der Waals surface area contributed by atoms with Gasteiger partial charge in [-0.05, 0) is 40.6 Å². The second kappa shape index (κ2) is 7.49. The highest BCUT2D eigenvalue weighted by atomic mass is 79.9. The van der Waals surface area contributed by atoms with E-state index in [0.29, 0.717) is 12.1 Å². The topological polar surface area (TPSA) is 63.4 Å². The van der Waals surface area contributed by atoms with Crippen molar-refractivity contribution in [2.45, 2.75) is 6.54 Å². The van der Waals surface area contributed by atoms with Crippen molar-refractivity contribution in [1.29, 1.82) is 0 Å². The smallest absolute Gasteiger partial charge is 0.254 e. The molecule has 0 aliphatic heterocycles. The van der Waals surface area contributed by atoms with E-state index in [2.05, 4.69) is 15.9 Å². The fourth-order valence-electron chi connectivity index (χ4n) is 2.70. The van der Waals surface area contributed by atoms with Crippen LogP contribution < -0.4 is 5.73 Å². The quantitative estimate of drug-likeness (QED) is 0.713. The number of halogens is 1. The van der Waals surface area contributed by atoms with Crippen molar-refractivity contribution in [3.63, 3.8) is 0 Å². The van der Waals surface area contributed by atoms with E-state index in [0.717, 1.165) is 20.8 Å². The molecule has 25 heavy (non-hydrogen) atoms. The van der Waals surface area contributed by atoms with Crippen molar-refractivity contribution in [3.05, 3.63) is 82.3 Å². The first-order chi connectivity index (χ1) is 12.0. The third-order valence-electron chi connectivity index (χ3n) is 3.92. The van der Waals surface area contributed by atoms with Crippen molar-refractivity contribution in [3.8, 4) is 0 Å². The number of hydrogen-bond donors (Lipinski definition) is 1. The van der Waals surface area contributed by atoms with Gasteiger partial charge in [0.15, 0.2) is 0 Å². The number of rotatable bonds is 5. The molecule has 0 aromatic heterocycles. The van der Waals surface area contributed by atoms with E-state index in [1.807, 2.05) is 60.7 Å². The minimum atomic E-state index is -0.536. The molecule has 0 radical (unpaired) electrons. The fraction of sp³-hybridized carbons (Fsp3) is 0.100. The third kappa shape index (κ3) is 4.25. The number of carbonyl (C=O) groups is 2. The monoisotopic (exact) mass is 396 g/mol. The summed E-state index contributed by atoms with van der Waals surface area (Å²) < 4.78 is 0.957. The Labute approximate surface area is 154 Å². The van der Waals surface area contributed by atoms with Gasteiger partial charge in [0.05, 0.1) is 6.54 Å². The lowest BCUT2D eigenvalue weighted by Crippen LogP contribution is -2.38. The van der Waals surface area contributed by atoms with Gasteiger partial charge in [-0.2, -0.15) is 0 Å². The molecule has 0 atom stereocenters. The lowest BCUT2D eigenvalue weighted by Gasteiger charge is -2.21. The first-order valence-corrected chi connectivity index (χ1v) is 8.63. The van der Waals surface area contributed by atoms with Gasteiger partial charge in [-0.1, -0.05) is 58.4 Å². The van der Waals surface area contributed by atoms with Crippen LogP contribution in [0.1, 0.15) is 15.9 Å². The highest BCUT2D eigenvalue weighted by Gasteiger charge is 2.18. The summed E-state index contributed by atoms with van der Waals surface area (Å²) in [6.07, 6.45) is 0. The molecule has 0 fully saturated rings. The molecule has 2 amide bonds. The number of fused-ring (bicyclic) bond motifs is 1. The third-order valence-corrected chi connectivity index (χ3v) is 4.45. The molecule has 0 aliphatic rings. The first kappa shape index (κ1) is 17.2. The molecule has 3 rings (SSSR count). The highest BCUT2D eigenvalue weighted by Crippen LogP contribution is 2.18. The minimum absolute atomic E-state index is 0.123. The summed E-state index contributed by atoms with van der Waals surface area (Å²) in [5.41, 5.74) is 6.81. The van der Waals surface area contributed by atoms with E-state index in [4.69, 9.17) is 5.73 Å². The predicted octanol–water partition coefficient (Wildman–Crippen LogP) is 3.73. The summed E-state index contributed by atoms with van der Waals surface area (Å²) in [6.45, 7) is 0.198. The molecule has 0 spiro atoms. The van der Waals surface area contributed by atoms with E-state index in [9.17, 15) is 9.59 Å². The average molecular weight is 397 g/mol. The zero-order valence-corrected chi connectivity index (χ0v) is 15.1. The second-order valence-electron chi connectivity index (χ2n) is 5.82. The lowest BCUT2D eigenvalue weighted by atomic mass is 10.1. The largest absolute Gasteiger partial charge is 0.368 e. The van der Waals surface area contributed by atoms with Crippen LogP contribution in [0.3, 0.4) is 0 Å². The molecule has 3 aromatic carbocycles. The van der Waals surface area contributed by atoms with Crippen molar-refractivity contribution in [2.75, 3.05) is 6.54 Å². The van der Waals surface area contributed by atoms with Crippen molar-refractivity contribution < 1.29 is 9.59 Å². The number of primary amides is 1. The van der Waals surface area contributed by atoms with Gasteiger partial charge in [0, 0.05) is 16.6 Å². The van der Waals surface area contributed by atoms with Crippen molar-refractivity contribution in [2.24, 2.45) is 5.73 Å². The molecule has 5 heteroatoms. The maximum absolute atomic E-state index is 12.9. The highest BCUT2D eigenvalue weighted by molar-refractivity contribution is 9.10. The standard InChI is InChI=1S/C20H17BrN2O2/c21-18-9-5-14(6-10-18)12-23(13-19(22)24)20(25)17-8-7-15-3-1-2-4-16(15)11-17/h1-11H,12-13H2,(H2,22,24). The Bertz CT molecular complexity index is 922. The molecule has 126 valence electrons. The summed E-state index contributed by atoms with van der Waals surface area (Å²) in [6, 6.07) is 21.0. The number of benzene rings is 3. The van der Waals surface area contributed by atoms with Gasteiger partial charge in [-0.25, -0.2) is 0 Å². The van der Waals surface area contributed by atoms with Crippen LogP contribution in [-0.2, 0) is 11.3 Å². The van der Waals surface area contributed by atoms with Gasteiger partial charge in [0.2, 0.25) is 5.91 Å². The van der Waals surface area contributed by atoms with Crippen LogP contribution in [0.25, 0.3) is 10.8 Å². The maximum Gasteiger partial charge on any atom is 0.254 e. The van der Waals surface area contributed by atoms with Crippen LogP contribution in [0.5, 0.6) is 0 Å². The summed E-state index contributed by atoms with van der Waals surface area (Å²) in [4.78, 5) is 25.8. The molecule has 0 heterocycles. The normalized spacial score (nSPS) is 10.6. The van der Waals surface area contributed by atoms with E-state index < -0.39 is 5.91 Å². The Morgan fingerprint density at radius 3 is 2.28 bits per heavy atom. The molecule has 0 unspecified atom stereocenters. The molecule has 0 saturated carbocycles. The number of amides is 2. The van der Waals surface area contributed by atoms with Gasteiger partial charge in [-0.3, -0.25) is 9.59 Å². The Kier molecular flexibility index (Phi) is 5.14. The van der Waals surface area contributed by atoms with Gasteiger partial charge in [0.25, 0.3) is 5.91 Å². The Hall–Kier alpha value is -2.66. The predicted molar refractivity (Wildman–Crippen MR) is 102 cm³/mol. The lowest BCUT2D eigenvalue weighted by molar-refractivity contribution is -0.118. The first-order valence-electron chi connectivity index (χ1n) is 7.84. The molecule has 2 N–H and O–H groups in total. The molecule has 3 aromatic rings. The van der Waals surface area contributed by atoms with E-state index in [1.165, 1.54) is 4.90 Å². The van der Waals surface area contributed by atoms with Crippen molar-refractivity contribution >= 4 is 38.5 Å². The minimum Gasteiger partial charge on any atom is -0.368 e. The van der Waals surface area contributed by atoms with Gasteiger partial charge >= 0.3 is 0 Å². The second-order valence-corrected chi connectivity index (χ2v) is 6.73. The zero-order chi connectivity index (χ0) is 17.8. The van der Waals surface area contributed by atoms with E-state index in [1.54, 1.807) is 6.07 Å². The van der Waals surface area contributed by atoms with Crippen LogP contribution in [0.15, 0.2) is 71.2 Å². The number of carbonyl (C=O) groups excluding carboxylic acids is 2. The average Bonchev–Trinajstić information content (AvgIpc) is 2.61. The molecule has 0 saturated heterocycles. The molecular weight excluding hydrogens is 380 g/mol. The number of nitrogens with two attached hydrogens (primary N) is 1. The Morgan fingerprint density at radius 1 is 0.920 bits per heavy atom. The van der Waals surface area contributed by atoms with Crippen molar-refractivity contribution in [1.82, 2.24) is 4.90 Å². The summed E-state index contributed by atoms with van der Waals surface area (Å²) in [5, 5.41) is 2.05. The van der Waals surface area contributed by atoms with E-state index >= 15 is 0 Å². The number of nitrogens with zero attached hydrogens (tertiary/aromatic N) is 1. The van der Waals surface area contributed by atoms with Gasteiger partial charge in [0.1, 0.15) is 0 Å². The van der Waals surface area contributed by atoms with Crippen LogP contribution in [-0.4, -0.2) is 23.3 Å². The van der Waals surface area contributed by atoms with E-state index in [-0.39, 0.29) is 12.5 Å². The van der Waals surface area contributed by atoms with Crippen LogP contribution in [0.4, 0.5) is 0 Å². The number of hydrogen-bond acceptors (Lipinski definition) is 2. The fourth-order valence-corrected chi connectivity index (χ4v) is 2.97.